The fourth-order valence-electron chi connectivity index (χ4n) is 3.69. The van der Waals surface area contributed by atoms with Gasteiger partial charge in [0.2, 0.25) is 5.95 Å². The summed E-state index contributed by atoms with van der Waals surface area (Å²) >= 11 is 0. The summed E-state index contributed by atoms with van der Waals surface area (Å²) in [5.41, 5.74) is 2.51. The minimum atomic E-state index is 0.00309. The van der Waals surface area contributed by atoms with E-state index < -0.39 is 0 Å². The highest BCUT2D eigenvalue weighted by molar-refractivity contribution is 5.75. The Hall–Kier alpha value is -2.63. The van der Waals surface area contributed by atoms with E-state index in [1.54, 1.807) is 12.4 Å². The average molecular weight is 396 g/mol. The molecule has 1 aromatic carbocycles. The van der Waals surface area contributed by atoms with E-state index in [1.807, 2.05) is 11.0 Å². The quantitative estimate of drug-likeness (QED) is 0.795. The number of piperazine rings is 1. The standard InChI is InChI=1S/C23H33N5O/c1-5-18(4)19-7-9-20(10-8-19)21(17(2)3)26-23(29)28-15-13-27(14-16-28)22-24-11-6-12-25-22/h6-12,17-18,21H,5,13-16H2,1-4H3,(H,26,29)/t18-,21-/m0/s1. The number of rotatable bonds is 6. The number of hydrogen-bond donors (Lipinski definition) is 1. The van der Waals surface area contributed by atoms with Crippen LogP contribution in [0, 0.1) is 5.92 Å². The molecular formula is C23H33N5O. The van der Waals surface area contributed by atoms with Crippen molar-refractivity contribution in [2.75, 3.05) is 31.1 Å². The second kappa shape index (κ2) is 9.72. The normalized spacial score (nSPS) is 16.6. The lowest BCUT2D eigenvalue weighted by Gasteiger charge is -2.36. The zero-order valence-electron chi connectivity index (χ0n) is 18.0. The highest BCUT2D eigenvalue weighted by Crippen LogP contribution is 2.25. The average Bonchev–Trinajstić information content (AvgIpc) is 2.77. The maximum Gasteiger partial charge on any atom is 0.318 e. The van der Waals surface area contributed by atoms with Crippen LogP contribution in [0.25, 0.3) is 0 Å². The Bertz CT molecular complexity index is 770. The smallest absolute Gasteiger partial charge is 0.318 e. The van der Waals surface area contributed by atoms with Gasteiger partial charge in [0.25, 0.3) is 0 Å². The molecule has 6 nitrogen and oxygen atoms in total. The number of hydrogen-bond acceptors (Lipinski definition) is 4. The molecule has 0 spiro atoms. The Morgan fingerprint density at radius 1 is 1.00 bits per heavy atom. The monoisotopic (exact) mass is 395 g/mol. The molecule has 2 amide bonds. The van der Waals surface area contributed by atoms with Crippen LogP contribution in [0.5, 0.6) is 0 Å². The molecule has 29 heavy (non-hydrogen) atoms. The van der Waals surface area contributed by atoms with Gasteiger partial charge in [0.15, 0.2) is 0 Å². The number of amides is 2. The third-order valence-electron chi connectivity index (χ3n) is 5.82. The first-order valence-corrected chi connectivity index (χ1v) is 10.7. The summed E-state index contributed by atoms with van der Waals surface area (Å²) < 4.78 is 0. The molecule has 0 unspecified atom stereocenters. The number of nitrogens with one attached hydrogen (secondary N) is 1. The van der Waals surface area contributed by atoms with E-state index in [1.165, 1.54) is 5.56 Å². The van der Waals surface area contributed by atoms with Gasteiger partial charge in [0.05, 0.1) is 6.04 Å². The van der Waals surface area contributed by atoms with Gasteiger partial charge in [-0.05, 0) is 35.4 Å². The molecule has 2 aromatic rings. The van der Waals surface area contributed by atoms with Crippen molar-refractivity contribution in [2.45, 2.75) is 46.1 Å². The Morgan fingerprint density at radius 2 is 1.59 bits per heavy atom. The van der Waals surface area contributed by atoms with E-state index in [4.69, 9.17) is 0 Å². The predicted molar refractivity (Wildman–Crippen MR) is 117 cm³/mol. The van der Waals surface area contributed by atoms with Crippen molar-refractivity contribution in [3.63, 3.8) is 0 Å². The van der Waals surface area contributed by atoms with Crippen LogP contribution in [-0.2, 0) is 0 Å². The summed E-state index contributed by atoms with van der Waals surface area (Å²) in [6.45, 7) is 11.6. The van der Waals surface area contributed by atoms with Gasteiger partial charge in [0, 0.05) is 38.6 Å². The lowest BCUT2D eigenvalue weighted by molar-refractivity contribution is 0.186. The zero-order chi connectivity index (χ0) is 20.8. The minimum Gasteiger partial charge on any atom is -0.337 e. The van der Waals surface area contributed by atoms with Crippen LogP contribution >= 0.6 is 0 Å². The van der Waals surface area contributed by atoms with Crippen molar-refractivity contribution in [1.82, 2.24) is 20.2 Å². The van der Waals surface area contributed by atoms with Crippen LogP contribution in [-0.4, -0.2) is 47.1 Å². The van der Waals surface area contributed by atoms with Crippen molar-refractivity contribution in [2.24, 2.45) is 5.92 Å². The molecular weight excluding hydrogens is 362 g/mol. The van der Waals surface area contributed by atoms with E-state index in [2.05, 4.69) is 72.1 Å². The number of aromatic nitrogens is 2. The number of carbonyl (C=O) groups excluding carboxylic acids is 1. The van der Waals surface area contributed by atoms with Crippen molar-refractivity contribution in [3.8, 4) is 0 Å². The summed E-state index contributed by atoms with van der Waals surface area (Å²) in [4.78, 5) is 25.5. The molecule has 1 aliphatic heterocycles. The topological polar surface area (TPSA) is 61.4 Å². The predicted octanol–water partition coefficient (Wildman–Crippen LogP) is 4.22. The molecule has 156 valence electrons. The molecule has 0 radical (unpaired) electrons. The first-order valence-electron chi connectivity index (χ1n) is 10.7. The lowest BCUT2D eigenvalue weighted by Crippen LogP contribution is -2.53. The van der Waals surface area contributed by atoms with Crippen molar-refractivity contribution >= 4 is 12.0 Å². The van der Waals surface area contributed by atoms with Crippen LogP contribution in [0.2, 0.25) is 0 Å². The summed E-state index contributed by atoms with van der Waals surface area (Å²) in [5.74, 6) is 1.60. The van der Waals surface area contributed by atoms with Gasteiger partial charge in [-0.3, -0.25) is 0 Å². The fourth-order valence-corrected chi connectivity index (χ4v) is 3.69. The molecule has 1 fully saturated rings. The van der Waals surface area contributed by atoms with Crippen LogP contribution in [0.1, 0.15) is 57.2 Å². The van der Waals surface area contributed by atoms with E-state index in [9.17, 15) is 4.79 Å². The Morgan fingerprint density at radius 3 is 2.14 bits per heavy atom. The second-order valence-corrected chi connectivity index (χ2v) is 8.17. The first-order chi connectivity index (χ1) is 14.0. The van der Waals surface area contributed by atoms with Gasteiger partial charge in [-0.1, -0.05) is 52.0 Å². The summed E-state index contributed by atoms with van der Waals surface area (Å²) in [6.07, 6.45) is 4.63. The Labute approximate surface area is 174 Å². The largest absolute Gasteiger partial charge is 0.337 e. The third-order valence-corrected chi connectivity index (χ3v) is 5.82. The van der Waals surface area contributed by atoms with Crippen LogP contribution in [0.3, 0.4) is 0 Å². The van der Waals surface area contributed by atoms with Crippen LogP contribution < -0.4 is 10.2 Å². The second-order valence-electron chi connectivity index (χ2n) is 8.17. The van der Waals surface area contributed by atoms with Gasteiger partial charge >= 0.3 is 6.03 Å². The molecule has 3 rings (SSSR count). The van der Waals surface area contributed by atoms with E-state index in [0.717, 1.165) is 31.0 Å². The SMILES string of the molecule is CC[C@H](C)c1ccc([C@@H](NC(=O)N2CCN(c3ncccn3)CC2)C(C)C)cc1. The third kappa shape index (κ3) is 5.25. The number of benzene rings is 1. The molecule has 0 aliphatic carbocycles. The number of nitrogens with zero attached hydrogens (tertiary/aromatic N) is 4. The Kier molecular flexibility index (Phi) is 7.07. The van der Waals surface area contributed by atoms with Gasteiger partial charge in [-0.25, -0.2) is 14.8 Å². The summed E-state index contributed by atoms with van der Waals surface area (Å²) in [7, 11) is 0. The maximum atomic E-state index is 12.9. The van der Waals surface area contributed by atoms with E-state index in [0.29, 0.717) is 24.9 Å². The molecule has 0 bridgehead atoms. The first kappa shape index (κ1) is 21.1. The van der Waals surface area contributed by atoms with Crippen LogP contribution in [0.15, 0.2) is 42.7 Å². The molecule has 1 saturated heterocycles. The molecule has 2 atom stereocenters. The van der Waals surface area contributed by atoms with E-state index in [-0.39, 0.29) is 12.1 Å². The molecule has 0 saturated carbocycles. The Balaban J connectivity index is 1.60. The minimum absolute atomic E-state index is 0.00309. The molecule has 1 aromatic heterocycles. The van der Waals surface area contributed by atoms with Crippen molar-refractivity contribution in [3.05, 3.63) is 53.9 Å². The van der Waals surface area contributed by atoms with E-state index >= 15 is 0 Å². The van der Waals surface area contributed by atoms with Crippen LogP contribution in [0.4, 0.5) is 10.7 Å². The maximum absolute atomic E-state index is 12.9. The molecule has 1 N–H and O–H groups in total. The van der Waals surface area contributed by atoms with Crippen molar-refractivity contribution < 1.29 is 4.79 Å². The van der Waals surface area contributed by atoms with Gasteiger partial charge < -0.3 is 15.1 Å². The number of urea groups is 1. The number of anilines is 1. The highest BCUT2D eigenvalue weighted by atomic mass is 16.2. The fraction of sp³-hybridized carbons (Fsp3) is 0.522. The summed E-state index contributed by atoms with van der Waals surface area (Å²) in [5, 5.41) is 3.26. The lowest BCUT2D eigenvalue weighted by atomic mass is 9.92. The summed E-state index contributed by atoms with van der Waals surface area (Å²) in [6, 6.07) is 10.5. The highest BCUT2D eigenvalue weighted by Gasteiger charge is 2.26. The molecule has 2 heterocycles. The van der Waals surface area contributed by atoms with Gasteiger partial charge in [0.1, 0.15) is 0 Å². The number of carbonyl (C=O) groups is 1. The molecule has 1 aliphatic rings. The van der Waals surface area contributed by atoms with Crippen molar-refractivity contribution in [1.29, 1.82) is 0 Å². The zero-order valence-corrected chi connectivity index (χ0v) is 18.0. The molecule has 6 heteroatoms. The van der Waals surface area contributed by atoms with Gasteiger partial charge in [-0.2, -0.15) is 0 Å². The van der Waals surface area contributed by atoms with Gasteiger partial charge in [-0.15, -0.1) is 0 Å².